The van der Waals surface area contributed by atoms with Crippen molar-refractivity contribution in [3.63, 3.8) is 0 Å². The smallest absolute Gasteiger partial charge is 0.242 e. The van der Waals surface area contributed by atoms with Crippen molar-refractivity contribution in [3.05, 3.63) is 70.8 Å². The van der Waals surface area contributed by atoms with E-state index in [9.17, 15) is 14.7 Å². The van der Waals surface area contributed by atoms with Gasteiger partial charge in [0.15, 0.2) is 0 Å². The van der Waals surface area contributed by atoms with Gasteiger partial charge in [-0.1, -0.05) is 68.8 Å². The van der Waals surface area contributed by atoms with Crippen molar-refractivity contribution in [2.45, 2.75) is 89.9 Å². The molecule has 2 aromatic carbocycles. The second-order valence-corrected chi connectivity index (χ2v) is 10.5. The fraction of sp³-hybridized carbons (Fsp3) is 0.533. The molecule has 0 aliphatic carbocycles. The van der Waals surface area contributed by atoms with Crippen molar-refractivity contribution in [3.8, 4) is 0 Å². The Labute approximate surface area is 216 Å². The third kappa shape index (κ3) is 8.17. The van der Waals surface area contributed by atoms with Crippen LogP contribution in [0.15, 0.2) is 48.5 Å². The number of carbonyl (C=O) groups excluding carboxylic acids is 2. The van der Waals surface area contributed by atoms with E-state index in [-0.39, 0.29) is 11.8 Å². The summed E-state index contributed by atoms with van der Waals surface area (Å²) in [7, 11) is 1.69. The van der Waals surface area contributed by atoms with Gasteiger partial charge in [-0.3, -0.25) is 9.59 Å². The summed E-state index contributed by atoms with van der Waals surface area (Å²) in [4.78, 5) is 27.2. The number of aryl methyl sites for hydroxylation is 1. The topological polar surface area (TPSA) is 81.7 Å². The molecule has 0 unspecified atom stereocenters. The monoisotopic (exact) mass is 493 g/mol. The average molecular weight is 494 g/mol. The largest absolute Gasteiger partial charge is 0.390 e. The molecule has 0 saturated carbocycles. The summed E-state index contributed by atoms with van der Waals surface area (Å²) < 4.78 is 0. The molecule has 1 heterocycles. The number of aliphatic hydroxyl groups is 1. The van der Waals surface area contributed by atoms with Crippen LogP contribution >= 0.6 is 0 Å². The minimum absolute atomic E-state index is 0.0181. The van der Waals surface area contributed by atoms with E-state index in [0.717, 1.165) is 31.2 Å². The van der Waals surface area contributed by atoms with E-state index in [0.29, 0.717) is 31.8 Å². The highest BCUT2D eigenvalue weighted by Gasteiger charge is 2.27. The van der Waals surface area contributed by atoms with Crippen LogP contribution in [0.1, 0.15) is 74.6 Å². The van der Waals surface area contributed by atoms with Gasteiger partial charge in [0.1, 0.15) is 6.04 Å². The number of hydrogen-bond acceptors (Lipinski definition) is 4. The van der Waals surface area contributed by atoms with Crippen LogP contribution in [0.3, 0.4) is 0 Å². The highest BCUT2D eigenvalue weighted by Crippen LogP contribution is 2.17. The van der Waals surface area contributed by atoms with Gasteiger partial charge in [-0.15, -0.1) is 0 Å². The maximum Gasteiger partial charge on any atom is 0.242 e. The number of rotatable bonds is 6. The Bertz CT molecular complexity index is 1010. The SMILES string of the molecule is CC(C)c1cccc(CNC[C@@H](O)[C@@H]2Cc3cccc(c3)CCCCCC(=O)N(C)[C@@H](C)C(=O)N2)c1. The minimum Gasteiger partial charge on any atom is -0.390 e. The van der Waals surface area contributed by atoms with Gasteiger partial charge in [-0.05, 0) is 60.8 Å². The first-order chi connectivity index (χ1) is 17.2. The number of likely N-dealkylation sites (N-methyl/N-ethyl adjacent to an activating group) is 1. The number of aliphatic hydroxyl groups excluding tert-OH is 1. The van der Waals surface area contributed by atoms with Gasteiger partial charge >= 0.3 is 0 Å². The quantitative estimate of drug-likeness (QED) is 0.569. The van der Waals surface area contributed by atoms with E-state index in [1.54, 1.807) is 14.0 Å². The summed E-state index contributed by atoms with van der Waals surface area (Å²) >= 11 is 0. The molecule has 36 heavy (non-hydrogen) atoms. The van der Waals surface area contributed by atoms with Crippen LogP contribution < -0.4 is 10.6 Å². The summed E-state index contributed by atoms with van der Waals surface area (Å²) in [6.45, 7) is 7.08. The Balaban J connectivity index is 1.72. The summed E-state index contributed by atoms with van der Waals surface area (Å²) in [6, 6.07) is 15.8. The van der Waals surface area contributed by atoms with Crippen molar-refractivity contribution in [2.24, 2.45) is 0 Å². The first kappa shape index (κ1) is 27.9. The van der Waals surface area contributed by atoms with Crippen LogP contribution in [0.5, 0.6) is 0 Å². The molecule has 3 atom stereocenters. The molecule has 3 N–H and O–H groups in total. The van der Waals surface area contributed by atoms with Gasteiger partial charge in [0.2, 0.25) is 11.8 Å². The molecule has 2 aromatic rings. The maximum atomic E-state index is 13.1. The molecule has 0 spiro atoms. The summed E-state index contributed by atoms with van der Waals surface area (Å²) in [5, 5.41) is 17.5. The number of carbonyl (C=O) groups is 2. The number of fused-ring (bicyclic) bond motifs is 2. The predicted octanol–water partition coefficient (Wildman–Crippen LogP) is 3.95. The van der Waals surface area contributed by atoms with E-state index >= 15 is 0 Å². The maximum absolute atomic E-state index is 13.1. The van der Waals surface area contributed by atoms with Crippen molar-refractivity contribution < 1.29 is 14.7 Å². The Kier molecular flexibility index (Phi) is 10.5. The van der Waals surface area contributed by atoms with Crippen molar-refractivity contribution >= 4 is 11.8 Å². The lowest BCUT2D eigenvalue weighted by atomic mass is 9.97. The van der Waals surface area contributed by atoms with Crippen LogP contribution in [0.25, 0.3) is 0 Å². The first-order valence-corrected chi connectivity index (χ1v) is 13.4. The number of hydrogen-bond donors (Lipinski definition) is 3. The minimum atomic E-state index is -0.783. The summed E-state index contributed by atoms with van der Waals surface area (Å²) in [5.41, 5.74) is 4.80. The Morgan fingerprint density at radius 1 is 1.03 bits per heavy atom. The van der Waals surface area contributed by atoms with Crippen LogP contribution in [0.4, 0.5) is 0 Å². The lowest BCUT2D eigenvalue weighted by Crippen LogP contribution is -2.54. The zero-order valence-corrected chi connectivity index (χ0v) is 22.3. The fourth-order valence-electron chi connectivity index (χ4n) is 4.67. The number of nitrogens with one attached hydrogen (secondary N) is 2. The van der Waals surface area contributed by atoms with Crippen molar-refractivity contribution in [1.82, 2.24) is 15.5 Å². The van der Waals surface area contributed by atoms with E-state index in [4.69, 9.17) is 0 Å². The molecule has 0 fully saturated rings. The molecule has 0 saturated heterocycles. The van der Waals surface area contributed by atoms with E-state index < -0.39 is 18.2 Å². The van der Waals surface area contributed by atoms with E-state index in [1.807, 2.05) is 6.07 Å². The molecule has 3 rings (SSSR count). The molecular weight excluding hydrogens is 450 g/mol. The fourth-order valence-corrected chi connectivity index (χ4v) is 4.67. The zero-order chi connectivity index (χ0) is 26.1. The molecule has 196 valence electrons. The standard InChI is InChI=1S/C30H43N3O3/c1-21(2)26-14-9-13-25(17-26)19-31-20-28(34)27-18-24-12-8-11-23(16-24)10-6-5-7-15-29(35)33(4)22(3)30(36)32-27/h8-9,11-14,16-17,21-22,27-28,31,34H,5-7,10,15,18-20H2,1-4H3,(H,32,36)/t22-,27-,28+/m0/s1. The second-order valence-electron chi connectivity index (χ2n) is 10.5. The first-order valence-electron chi connectivity index (χ1n) is 13.4. The third-order valence-corrected chi connectivity index (χ3v) is 7.25. The third-order valence-electron chi connectivity index (χ3n) is 7.25. The molecule has 2 bridgehead atoms. The Morgan fingerprint density at radius 3 is 2.53 bits per heavy atom. The number of benzene rings is 2. The molecule has 1 aliphatic rings. The lowest BCUT2D eigenvalue weighted by molar-refractivity contribution is -0.139. The summed E-state index contributed by atoms with van der Waals surface area (Å²) in [5.74, 6) is 0.198. The van der Waals surface area contributed by atoms with Crippen LogP contribution in [0.2, 0.25) is 0 Å². The molecule has 6 heteroatoms. The summed E-state index contributed by atoms with van der Waals surface area (Å²) in [6.07, 6.45) is 3.99. The van der Waals surface area contributed by atoms with Gasteiger partial charge in [-0.25, -0.2) is 0 Å². The molecule has 6 nitrogen and oxygen atoms in total. The highest BCUT2D eigenvalue weighted by atomic mass is 16.3. The van der Waals surface area contributed by atoms with E-state index in [2.05, 4.69) is 66.9 Å². The van der Waals surface area contributed by atoms with E-state index in [1.165, 1.54) is 21.6 Å². The molecule has 2 amide bonds. The molecular formula is C30H43N3O3. The number of nitrogens with zero attached hydrogens (tertiary/aromatic N) is 1. The Morgan fingerprint density at radius 2 is 1.75 bits per heavy atom. The molecule has 0 aromatic heterocycles. The lowest BCUT2D eigenvalue weighted by Gasteiger charge is -2.29. The normalized spacial score (nSPS) is 21.0. The van der Waals surface area contributed by atoms with Crippen LogP contribution in [-0.2, 0) is 29.0 Å². The molecule has 0 radical (unpaired) electrons. The van der Waals surface area contributed by atoms with Gasteiger partial charge in [-0.2, -0.15) is 0 Å². The molecule has 1 aliphatic heterocycles. The van der Waals surface area contributed by atoms with Crippen LogP contribution in [0, 0.1) is 0 Å². The van der Waals surface area contributed by atoms with Crippen molar-refractivity contribution in [1.29, 1.82) is 0 Å². The number of amides is 2. The predicted molar refractivity (Wildman–Crippen MR) is 145 cm³/mol. The van der Waals surface area contributed by atoms with Gasteiger partial charge in [0.25, 0.3) is 0 Å². The zero-order valence-electron chi connectivity index (χ0n) is 22.3. The van der Waals surface area contributed by atoms with Crippen molar-refractivity contribution in [2.75, 3.05) is 13.6 Å². The van der Waals surface area contributed by atoms with Gasteiger partial charge < -0.3 is 20.6 Å². The second kappa shape index (κ2) is 13.6. The highest BCUT2D eigenvalue weighted by molar-refractivity contribution is 5.87. The average Bonchev–Trinajstić information content (AvgIpc) is 2.87. The van der Waals surface area contributed by atoms with Gasteiger partial charge in [0, 0.05) is 26.6 Å². The Hall–Kier alpha value is -2.70. The van der Waals surface area contributed by atoms with Gasteiger partial charge in [0.05, 0.1) is 12.1 Å². The van der Waals surface area contributed by atoms with Crippen LogP contribution in [-0.4, -0.2) is 53.6 Å².